The topological polar surface area (TPSA) is 44.8 Å². The van der Waals surface area contributed by atoms with Crippen molar-refractivity contribution in [1.29, 1.82) is 0 Å². The maximum absolute atomic E-state index is 10.7. The van der Waals surface area contributed by atoms with Crippen LogP contribution in [-0.4, -0.2) is 17.8 Å². The van der Waals surface area contributed by atoms with Crippen LogP contribution >= 0.6 is 23.2 Å². The molecule has 0 saturated carbocycles. The van der Waals surface area contributed by atoms with Crippen LogP contribution in [0.5, 0.6) is 11.5 Å². The second-order valence-electron chi connectivity index (χ2n) is 3.46. The SMILES string of the molecule is CC1(OC(=O)Cl)COc2cc(Cl)ccc2O1. The first-order valence-electron chi connectivity index (χ1n) is 4.48. The fourth-order valence-electron chi connectivity index (χ4n) is 1.37. The van der Waals surface area contributed by atoms with Gasteiger partial charge in [0.05, 0.1) is 0 Å². The number of rotatable bonds is 1. The lowest BCUT2D eigenvalue weighted by Gasteiger charge is -2.33. The number of halogens is 2. The molecular formula is C10H8Cl2O4. The standard InChI is InChI=1S/C10H8Cl2O4/c1-10(16-9(12)13)5-14-8-4-6(11)2-3-7(8)15-10/h2-4H,5H2,1H3. The Labute approximate surface area is 102 Å². The highest BCUT2D eigenvalue weighted by atomic mass is 35.5. The summed E-state index contributed by atoms with van der Waals surface area (Å²) in [6.45, 7) is 1.61. The summed E-state index contributed by atoms with van der Waals surface area (Å²) in [6, 6.07) is 4.91. The van der Waals surface area contributed by atoms with Crippen LogP contribution in [0, 0.1) is 0 Å². The molecule has 0 spiro atoms. The summed E-state index contributed by atoms with van der Waals surface area (Å²) in [6.07, 6.45) is 0. The zero-order chi connectivity index (χ0) is 11.8. The van der Waals surface area contributed by atoms with Gasteiger partial charge < -0.3 is 14.2 Å². The van der Waals surface area contributed by atoms with Crippen LogP contribution in [0.4, 0.5) is 4.79 Å². The Kier molecular flexibility index (Phi) is 2.86. The van der Waals surface area contributed by atoms with Crippen LogP contribution in [0.25, 0.3) is 0 Å². The molecule has 1 heterocycles. The molecule has 16 heavy (non-hydrogen) atoms. The van der Waals surface area contributed by atoms with E-state index in [4.69, 9.17) is 37.4 Å². The summed E-state index contributed by atoms with van der Waals surface area (Å²) in [4.78, 5) is 10.7. The fraction of sp³-hybridized carbons (Fsp3) is 0.300. The molecular weight excluding hydrogens is 255 g/mol. The van der Waals surface area contributed by atoms with Crippen LogP contribution in [0.15, 0.2) is 18.2 Å². The molecule has 0 bridgehead atoms. The predicted molar refractivity (Wildman–Crippen MR) is 58.3 cm³/mol. The van der Waals surface area contributed by atoms with Gasteiger partial charge in [0, 0.05) is 29.6 Å². The maximum Gasteiger partial charge on any atom is 0.407 e. The summed E-state index contributed by atoms with van der Waals surface area (Å²) in [5.41, 5.74) is -0.941. The summed E-state index contributed by atoms with van der Waals surface area (Å²) >= 11 is 10.9. The summed E-state index contributed by atoms with van der Waals surface area (Å²) in [5, 5.41) is 0.542. The lowest BCUT2D eigenvalue weighted by Crippen LogP contribution is -2.45. The van der Waals surface area contributed by atoms with Gasteiger partial charge in [0.1, 0.15) is 0 Å². The quantitative estimate of drug-likeness (QED) is 0.730. The first-order chi connectivity index (χ1) is 7.48. The molecule has 0 amide bonds. The Balaban J connectivity index is 2.23. The van der Waals surface area contributed by atoms with E-state index >= 15 is 0 Å². The third kappa shape index (κ3) is 2.33. The monoisotopic (exact) mass is 262 g/mol. The average molecular weight is 263 g/mol. The molecule has 0 saturated heterocycles. The van der Waals surface area contributed by atoms with E-state index in [0.717, 1.165) is 0 Å². The van der Waals surface area contributed by atoms with Crippen molar-refractivity contribution in [2.45, 2.75) is 12.7 Å². The van der Waals surface area contributed by atoms with Gasteiger partial charge in [0.15, 0.2) is 18.1 Å². The summed E-state index contributed by atoms with van der Waals surface area (Å²) in [5.74, 6) is -0.244. The third-order valence-corrected chi connectivity index (χ3v) is 2.33. The maximum atomic E-state index is 10.7. The van der Waals surface area contributed by atoms with Gasteiger partial charge in [-0.05, 0) is 12.1 Å². The average Bonchev–Trinajstić information content (AvgIpc) is 2.17. The van der Waals surface area contributed by atoms with Crippen molar-refractivity contribution in [3.05, 3.63) is 23.2 Å². The molecule has 2 rings (SSSR count). The minimum Gasteiger partial charge on any atom is -0.481 e. The Morgan fingerprint density at radius 1 is 1.50 bits per heavy atom. The number of ether oxygens (including phenoxy) is 3. The smallest absolute Gasteiger partial charge is 0.407 e. The van der Waals surface area contributed by atoms with Crippen molar-refractivity contribution in [2.24, 2.45) is 0 Å². The van der Waals surface area contributed by atoms with Gasteiger partial charge >= 0.3 is 5.43 Å². The first kappa shape index (κ1) is 11.4. The molecule has 1 aromatic carbocycles. The Bertz CT molecular complexity index is 435. The zero-order valence-electron chi connectivity index (χ0n) is 8.33. The molecule has 0 radical (unpaired) electrons. The van der Waals surface area contributed by atoms with E-state index in [9.17, 15) is 4.79 Å². The summed E-state index contributed by atoms with van der Waals surface area (Å²) in [7, 11) is 0. The molecule has 6 heteroatoms. The van der Waals surface area contributed by atoms with Gasteiger partial charge in [0.25, 0.3) is 5.79 Å². The number of carbonyl (C=O) groups excluding carboxylic acids is 1. The highest BCUT2D eigenvalue weighted by Gasteiger charge is 2.36. The molecule has 1 aromatic rings. The van der Waals surface area contributed by atoms with E-state index in [1.54, 1.807) is 25.1 Å². The van der Waals surface area contributed by atoms with Crippen LogP contribution in [0.2, 0.25) is 5.02 Å². The van der Waals surface area contributed by atoms with E-state index in [1.807, 2.05) is 0 Å². The van der Waals surface area contributed by atoms with Gasteiger partial charge in [-0.15, -0.1) is 0 Å². The highest BCUT2D eigenvalue weighted by molar-refractivity contribution is 6.61. The molecule has 0 aromatic heterocycles. The van der Waals surface area contributed by atoms with Gasteiger partial charge in [-0.2, -0.15) is 0 Å². The number of fused-ring (bicyclic) bond motifs is 1. The third-order valence-electron chi connectivity index (χ3n) is 2.02. The highest BCUT2D eigenvalue weighted by Crippen LogP contribution is 2.37. The van der Waals surface area contributed by atoms with Crippen LogP contribution in [-0.2, 0) is 4.74 Å². The molecule has 1 aliphatic heterocycles. The lowest BCUT2D eigenvalue weighted by molar-refractivity contribution is -0.155. The van der Waals surface area contributed by atoms with Crippen molar-refractivity contribution in [2.75, 3.05) is 6.61 Å². The molecule has 1 unspecified atom stereocenters. The minimum atomic E-state index is -1.21. The van der Waals surface area contributed by atoms with Crippen LogP contribution in [0.3, 0.4) is 0 Å². The molecule has 4 nitrogen and oxygen atoms in total. The molecule has 1 aliphatic rings. The predicted octanol–water partition coefficient (Wildman–Crippen LogP) is 3.20. The lowest BCUT2D eigenvalue weighted by atomic mass is 10.2. The van der Waals surface area contributed by atoms with Gasteiger partial charge in [0.2, 0.25) is 0 Å². The molecule has 0 fully saturated rings. The van der Waals surface area contributed by atoms with Gasteiger partial charge in [-0.25, -0.2) is 4.79 Å². The Morgan fingerprint density at radius 3 is 2.94 bits per heavy atom. The normalized spacial score (nSPS) is 22.7. The minimum absolute atomic E-state index is 0.0544. The van der Waals surface area contributed by atoms with Crippen molar-refractivity contribution < 1.29 is 19.0 Å². The zero-order valence-corrected chi connectivity index (χ0v) is 9.84. The fourth-order valence-corrected chi connectivity index (χ4v) is 1.70. The van der Waals surface area contributed by atoms with Crippen LogP contribution in [0.1, 0.15) is 6.92 Å². The van der Waals surface area contributed by atoms with E-state index < -0.39 is 11.2 Å². The Hall–Kier alpha value is -1.13. The van der Waals surface area contributed by atoms with E-state index in [1.165, 1.54) is 0 Å². The van der Waals surface area contributed by atoms with E-state index in [-0.39, 0.29) is 6.61 Å². The number of hydrogen-bond acceptors (Lipinski definition) is 4. The van der Waals surface area contributed by atoms with Crippen LogP contribution < -0.4 is 9.47 Å². The van der Waals surface area contributed by atoms with Crippen molar-refractivity contribution >= 4 is 28.6 Å². The molecule has 86 valence electrons. The second kappa shape index (κ2) is 4.03. The van der Waals surface area contributed by atoms with Gasteiger partial charge in [-0.1, -0.05) is 11.6 Å². The van der Waals surface area contributed by atoms with E-state index in [2.05, 4.69) is 0 Å². The second-order valence-corrected chi connectivity index (χ2v) is 4.20. The molecule has 0 aliphatic carbocycles. The van der Waals surface area contributed by atoms with Gasteiger partial charge in [-0.3, -0.25) is 0 Å². The van der Waals surface area contributed by atoms with Crippen molar-refractivity contribution in [3.63, 3.8) is 0 Å². The van der Waals surface area contributed by atoms with Crippen molar-refractivity contribution in [3.8, 4) is 11.5 Å². The largest absolute Gasteiger partial charge is 0.481 e. The number of hydrogen-bond donors (Lipinski definition) is 0. The van der Waals surface area contributed by atoms with Crippen molar-refractivity contribution in [1.82, 2.24) is 0 Å². The number of carbonyl (C=O) groups is 1. The number of benzene rings is 1. The van der Waals surface area contributed by atoms with E-state index in [0.29, 0.717) is 16.5 Å². The molecule has 0 N–H and O–H groups in total. The molecule has 1 atom stereocenters. The summed E-state index contributed by atoms with van der Waals surface area (Å²) < 4.78 is 15.7. The Morgan fingerprint density at radius 2 is 2.25 bits per heavy atom. The first-order valence-corrected chi connectivity index (χ1v) is 5.24.